The molecule has 8 nitrogen and oxygen atoms in total. The van der Waals surface area contributed by atoms with Crippen LogP contribution in [0.3, 0.4) is 0 Å². The molecule has 128 valence electrons. The summed E-state index contributed by atoms with van der Waals surface area (Å²) in [6.07, 6.45) is 0. The van der Waals surface area contributed by atoms with E-state index in [0.29, 0.717) is 37.3 Å². The van der Waals surface area contributed by atoms with E-state index in [1.807, 2.05) is 23.6 Å². The van der Waals surface area contributed by atoms with Crippen molar-refractivity contribution in [3.05, 3.63) is 11.7 Å². The van der Waals surface area contributed by atoms with Crippen molar-refractivity contribution in [1.82, 2.24) is 25.3 Å². The number of amides is 1. The van der Waals surface area contributed by atoms with Gasteiger partial charge < -0.3 is 19.6 Å². The van der Waals surface area contributed by atoms with E-state index in [0.717, 1.165) is 0 Å². The van der Waals surface area contributed by atoms with Crippen molar-refractivity contribution in [3.8, 4) is 0 Å². The smallest absolute Gasteiger partial charge is 0.242 e. The first-order chi connectivity index (χ1) is 10.7. The quantitative estimate of drug-likeness (QED) is 0.654. The van der Waals surface area contributed by atoms with Crippen LogP contribution in [-0.4, -0.2) is 63.5 Å². The Labute approximate surface area is 136 Å². The summed E-state index contributed by atoms with van der Waals surface area (Å²) in [5, 5.41) is 7.04. The van der Waals surface area contributed by atoms with Crippen LogP contribution >= 0.6 is 0 Å². The van der Waals surface area contributed by atoms with Gasteiger partial charge >= 0.3 is 0 Å². The van der Waals surface area contributed by atoms with Crippen LogP contribution in [0.1, 0.15) is 39.4 Å². The topological polar surface area (TPSA) is 86.9 Å². The molecule has 1 fully saturated rings. The number of hydrogen-bond donors (Lipinski definition) is 1. The second-order valence-electron chi connectivity index (χ2n) is 6.66. The first-order valence-electron chi connectivity index (χ1n) is 7.81. The first-order valence-corrected chi connectivity index (χ1v) is 7.81. The molecule has 0 bridgehead atoms. The molecular weight excluding hydrogens is 296 g/mol. The molecule has 0 saturated carbocycles. The Morgan fingerprint density at radius 3 is 2.65 bits per heavy atom. The summed E-state index contributed by atoms with van der Waals surface area (Å²) in [5.74, 6) is 1.86. The fourth-order valence-corrected chi connectivity index (χ4v) is 3.22. The van der Waals surface area contributed by atoms with E-state index < -0.39 is 0 Å². The summed E-state index contributed by atoms with van der Waals surface area (Å²) in [5.41, 5.74) is -0.260. The Balaban J connectivity index is 2.06. The minimum Gasteiger partial charge on any atom is -0.349 e. The maximum Gasteiger partial charge on any atom is 0.242 e. The van der Waals surface area contributed by atoms with Gasteiger partial charge in [0.1, 0.15) is 0 Å². The van der Waals surface area contributed by atoms with E-state index in [9.17, 15) is 4.79 Å². The van der Waals surface area contributed by atoms with Gasteiger partial charge in [0.2, 0.25) is 11.8 Å². The maximum absolute atomic E-state index is 12.5. The fraction of sp³-hybridized carbons (Fsp3) is 0.733. The van der Waals surface area contributed by atoms with Crippen LogP contribution in [-0.2, 0) is 11.3 Å². The molecule has 0 spiro atoms. The molecule has 23 heavy (non-hydrogen) atoms. The minimum atomic E-state index is -0.260. The maximum atomic E-state index is 12.5. The van der Waals surface area contributed by atoms with Crippen molar-refractivity contribution in [2.45, 2.75) is 52.7 Å². The zero-order valence-electron chi connectivity index (χ0n) is 14.8. The van der Waals surface area contributed by atoms with Gasteiger partial charge in [-0.25, -0.2) is 0 Å². The Bertz CT molecular complexity index is 593. The van der Waals surface area contributed by atoms with Gasteiger partial charge in [0.15, 0.2) is 11.8 Å². The van der Waals surface area contributed by atoms with Gasteiger partial charge in [-0.1, -0.05) is 5.16 Å². The number of aryl methyl sites for hydroxylation is 1. The van der Waals surface area contributed by atoms with Crippen molar-refractivity contribution < 1.29 is 9.32 Å². The molecule has 0 aromatic carbocycles. The number of aromatic nitrogens is 2. The van der Waals surface area contributed by atoms with Crippen molar-refractivity contribution in [2.24, 2.45) is 4.99 Å². The fourth-order valence-electron chi connectivity index (χ4n) is 3.22. The number of nitrogens with zero attached hydrogens (tertiary/aromatic N) is 5. The molecule has 0 radical (unpaired) electrons. The lowest BCUT2D eigenvalue weighted by atomic mass is 9.96. The van der Waals surface area contributed by atoms with Gasteiger partial charge in [-0.15, -0.1) is 0 Å². The van der Waals surface area contributed by atoms with Crippen molar-refractivity contribution >= 4 is 11.9 Å². The number of hydrogen-bond acceptors (Lipinski definition) is 5. The van der Waals surface area contributed by atoms with Crippen molar-refractivity contribution in [3.63, 3.8) is 0 Å². The van der Waals surface area contributed by atoms with E-state index in [1.165, 1.54) is 0 Å². The molecule has 1 aromatic rings. The number of carbonyl (C=O) groups is 1. The van der Waals surface area contributed by atoms with Crippen LogP contribution < -0.4 is 5.32 Å². The number of nitrogens with one attached hydrogen (secondary N) is 1. The standard InChI is InChI=1S/C15H26N6O2/c1-10(2)21-13(22)8-20(9-15(21,4)5)14(16-6)17-7-12-18-11(3)23-19-12/h10H,7-9H2,1-6H3,(H,16,17). The number of aliphatic imine (C=N–C) groups is 1. The summed E-state index contributed by atoms with van der Waals surface area (Å²) >= 11 is 0. The molecule has 2 rings (SSSR count). The number of piperazine rings is 1. The summed E-state index contributed by atoms with van der Waals surface area (Å²) in [6, 6.07) is 0.178. The SMILES string of the molecule is CN=C(NCc1noc(C)n1)N1CC(=O)N(C(C)C)C(C)(C)C1. The summed E-state index contributed by atoms with van der Waals surface area (Å²) in [6.45, 7) is 11.4. The normalized spacial score (nSPS) is 18.7. The van der Waals surface area contributed by atoms with Crippen LogP contribution in [0, 0.1) is 6.92 Å². The van der Waals surface area contributed by atoms with Crippen LogP contribution in [0.5, 0.6) is 0 Å². The number of carbonyl (C=O) groups excluding carboxylic acids is 1. The molecule has 0 unspecified atom stereocenters. The highest BCUT2D eigenvalue weighted by Crippen LogP contribution is 2.24. The van der Waals surface area contributed by atoms with E-state index >= 15 is 0 Å². The lowest BCUT2D eigenvalue weighted by Gasteiger charge is -2.49. The predicted molar refractivity (Wildman–Crippen MR) is 86.9 cm³/mol. The van der Waals surface area contributed by atoms with Gasteiger partial charge in [-0.05, 0) is 27.7 Å². The average Bonchev–Trinajstić information content (AvgIpc) is 2.82. The molecule has 2 heterocycles. The van der Waals surface area contributed by atoms with Crippen molar-refractivity contribution in [1.29, 1.82) is 0 Å². The average molecular weight is 322 g/mol. The predicted octanol–water partition coefficient (Wildman–Crippen LogP) is 0.785. The van der Waals surface area contributed by atoms with Gasteiger partial charge in [0.25, 0.3) is 0 Å². The minimum absolute atomic E-state index is 0.106. The molecule has 0 aliphatic carbocycles. The summed E-state index contributed by atoms with van der Waals surface area (Å²) < 4.78 is 4.95. The van der Waals surface area contributed by atoms with Gasteiger partial charge in [0.05, 0.1) is 18.6 Å². The highest BCUT2D eigenvalue weighted by atomic mass is 16.5. The lowest BCUT2D eigenvalue weighted by molar-refractivity contribution is -0.145. The Morgan fingerprint density at radius 1 is 1.48 bits per heavy atom. The molecule has 1 amide bonds. The summed E-state index contributed by atoms with van der Waals surface area (Å²) in [7, 11) is 1.70. The van der Waals surface area contributed by atoms with Gasteiger partial charge in [-0.2, -0.15) is 4.98 Å². The molecule has 1 aliphatic rings. The highest BCUT2D eigenvalue weighted by Gasteiger charge is 2.40. The first kappa shape index (κ1) is 17.2. The zero-order chi connectivity index (χ0) is 17.2. The lowest BCUT2D eigenvalue weighted by Crippen LogP contribution is -2.66. The van der Waals surface area contributed by atoms with Crippen molar-refractivity contribution in [2.75, 3.05) is 20.1 Å². The second kappa shape index (κ2) is 6.55. The van der Waals surface area contributed by atoms with E-state index in [2.05, 4.69) is 34.3 Å². The molecule has 1 N–H and O–H groups in total. The third-order valence-electron chi connectivity index (χ3n) is 3.83. The largest absolute Gasteiger partial charge is 0.349 e. The molecule has 1 saturated heterocycles. The Hall–Kier alpha value is -2.12. The highest BCUT2D eigenvalue weighted by molar-refractivity contribution is 5.88. The third-order valence-corrected chi connectivity index (χ3v) is 3.83. The monoisotopic (exact) mass is 322 g/mol. The van der Waals surface area contributed by atoms with E-state index in [-0.39, 0.29) is 17.5 Å². The molecular formula is C15H26N6O2. The Morgan fingerprint density at radius 2 is 2.17 bits per heavy atom. The number of guanidine groups is 1. The molecule has 8 heteroatoms. The third kappa shape index (κ3) is 3.80. The van der Waals surface area contributed by atoms with E-state index in [1.54, 1.807) is 14.0 Å². The van der Waals surface area contributed by atoms with Crippen LogP contribution in [0.15, 0.2) is 9.52 Å². The van der Waals surface area contributed by atoms with Crippen LogP contribution in [0.2, 0.25) is 0 Å². The molecule has 1 aliphatic heterocycles. The molecule has 1 aromatic heterocycles. The van der Waals surface area contributed by atoms with Gasteiger partial charge in [-0.3, -0.25) is 9.79 Å². The Kier molecular flexibility index (Phi) is 4.91. The number of rotatable bonds is 3. The van der Waals surface area contributed by atoms with Gasteiger partial charge in [0, 0.05) is 26.6 Å². The second-order valence-corrected chi connectivity index (χ2v) is 6.66. The summed E-state index contributed by atoms with van der Waals surface area (Å²) in [4.78, 5) is 24.9. The van der Waals surface area contributed by atoms with Crippen LogP contribution in [0.25, 0.3) is 0 Å². The molecule has 0 atom stereocenters. The van der Waals surface area contributed by atoms with E-state index in [4.69, 9.17) is 4.52 Å². The zero-order valence-corrected chi connectivity index (χ0v) is 14.8. The van der Waals surface area contributed by atoms with Crippen LogP contribution in [0.4, 0.5) is 0 Å².